The summed E-state index contributed by atoms with van der Waals surface area (Å²) in [5.41, 5.74) is 2.38. The van der Waals surface area contributed by atoms with Gasteiger partial charge in [0.25, 0.3) is 0 Å². The molecule has 0 saturated carbocycles. The Bertz CT molecular complexity index is 969. The Morgan fingerprint density at radius 1 is 0.966 bits per heavy atom. The van der Waals surface area contributed by atoms with Crippen molar-refractivity contribution in [2.45, 2.75) is 38.3 Å². The lowest BCUT2D eigenvalue weighted by molar-refractivity contribution is -0.123. The summed E-state index contributed by atoms with van der Waals surface area (Å²) in [5.74, 6) is -1.44. The molecule has 2 aromatic carbocycles. The zero-order valence-electron chi connectivity index (χ0n) is 16.5. The van der Waals surface area contributed by atoms with Crippen LogP contribution in [0.3, 0.4) is 0 Å². The van der Waals surface area contributed by atoms with Crippen LogP contribution in [0, 0.1) is 11.8 Å². The van der Waals surface area contributed by atoms with Crippen molar-refractivity contribution in [2.24, 2.45) is 11.8 Å². The number of fused-ring (bicyclic) bond motifs is 3. The van der Waals surface area contributed by atoms with E-state index >= 15 is 0 Å². The van der Waals surface area contributed by atoms with Crippen LogP contribution in [0.15, 0.2) is 54.6 Å². The van der Waals surface area contributed by atoms with Crippen molar-refractivity contribution in [1.82, 2.24) is 4.90 Å². The van der Waals surface area contributed by atoms with E-state index in [1.54, 1.807) is 12.1 Å². The Kier molecular flexibility index (Phi) is 4.36. The van der Waals surface area contributed by atoms with Crippen LogP contribution in [0.1, 0.15) is 35.7 Å². The monoisotopic (exact) mass is 388 g/mol. The Balaban J connectivity index is 1.53. The number of amides is 2. The van der Waals surface area contributed by atoms with Gasteiger partial charge in [0.1, 0.15) is 0 Å². The summed E-state index contributed by atoms with van der Waals surface area (Å²) in [6, 6.07) is 16.2. The number of benzene rings is 2. The molecule has 29 heavy (non-hydrogen) atoms. The molecule has 2 aromatic rings. The van der Waals surface area contributed by atoms with Crippen LogP contribution in [0.4, 0.5) is 5.69 Å². The predicted octanol–water partition coefficient (Wildman–Crippen LogP) is 3.08. The minimum atomic E-state index is -0.591. The van der Waals surface area contributed by atoms with Gasteiger partial charge in [0.2, 0.25) is 11.8 Å². The molecule has 3 fully saturated rings. The van der Waals surface area contributed by atoms with Gasteiger partial charge in [0, 0.05) is 11.6 Å². The Morgan fingerprint density at radius 3 is 2.34 bits per heavy atom. The molecule has 2 amide bonds. The van der Waals surface area contributed by atoms with E-state index in [0.29, 0.717) is 11.3 Å². The zero-order valence-corrected chi connectivity index (χ0v) is 16.5. The SMILES string of the molecule is CCc1ccc(N2C(=O)C3C(C2=O)C(C(=O)c2ccccc2)N2CCCC32)cc1. The van der Waals surface area contributed by atoms with Crippen LogP contribution in [0.25, 0.3) is 0 Å². The first kappa shape index (κ1) is 18.3. The minimum Gasteiger partial charge on any atom is -0.292 e. The van der Waals surface area contributed by atoms with E-state index < -0.39 is 17.9 Å². The van der Waals surface area contributed by atoms with Crippen molar-refractivity contribution < 1.29 is 14.4 Å². The minimum absolute atomic E-state index is 0.0194. The fourth-order valence-corrected chi connectivity index (χ4v) is 5.42. The molecule has 4 atom stereocenters. The highest BCUT2D eigenvalue weighted by Gasteiger charge is 2.64. The van der Waals surface area contributed by atoms with E-state index in [-0.39, 0.29) is 23.6 Å². The Morgan fingerprint density at radius 2 is 1.66 bits per heavy atom. The highest BCUT2D eigenvalue weighted by molar-refractivity contribution is 6.24. The standard InChI is InChI=1S/C24H24N2O3/c1-2-15-10-12-17(13-11-15)26-23(28)19-18-9-6-14-25(18)21(20(19)24(26)29)22(27)16-7-4-3-5-8-16/h3-5,7-8,10-13,18-21H,2,6,9,14H2,1H3. The summed E-state index contributed by atoms with van der Waals surface area (Å²) >= 11 is 0. The van der Waals surface area contributed by atoms with Crippen LogP contribution >= 0.6 is 0 Å². The molecular formula is C24H24N2O3. The average molecular weight is 388 g/mol. The number of hydrogen-bond acceptors (Lipinski definition) is 4. The predicted molar refractivity (Wildman–Crippen MR) is 110 cm³/mol. The summed E-state index contributed by atoms with van der Waals surface area (Å²) in [6.45, 7) is 2.84. The van der Waals surface area contributed by atoms with E-state index in [1.807, 2.05) is 42.5 Å². The summed E-state index contributed by atoms with van der Waals surface area (Å²) < 4.78 is 0. The lowest BCUT2D eigenvalue weighted by Crippen LogP contribution is -2.46. The molecule has 148 valence electrons. The first-order chi connectivity index (χ1) is 14.1. The molecule has 3 aliphatic heterocycles. The first-order valence-corrected chi connectivity index (χ1v) is 10.4. The lowest BCUT2D eigenvalue weighted by atomic mass is 9.85. The third-order valence-electron chi connectivity index (χ3n) is 6.78. The van der Waals surface area contributed by atoms with Gasteiger partial charge >= 0.3 is 0 Å². The highest BCUT2D eigenvalue weighted by atomic mass is 16.2. The van der Waals surface area contributed by atoms with E-state index in [1.165, 1.54) is 4.90 Å². The molecule has 5 rings (SSSR count). The molecule has 4 unspecified atom stereocenters. The number of nitrogens with zero attached hydrogens (tertiary/aromatic N) is 2. The van der Waals surface area contributed by atoms with Gasteiger partial charge in [-0.25, -0.2) is 4.90 Å². The van der Waals surface area contributed by atoms with Crippen LogP contribution in [-0.2, 0) is 16.0 Å². The van der Waals surface area contributed by atoms with Crippen molar-refractivity contribution in [1.29, 1.82) is 0 Å². The lowest BCUT2D eigenvalue weighted by Gasteiger charge is -2.27. The van der Waals surface area contributed by atoms with Crippen LogP contribution < -0.4 is 4.90 Å². The number of aryl methyl sites for hydroxylation is 1. The fraction of sp³-hybridized carbons (Fsp3) is 0.375. The van der Waals surface area contributed by atoms with E-state index in [0.717, 1.165) is 31.4 Å². The Labute approximate surface area is 170 Å². The van der Waals surface area contributed by atoms with Gasteiger partial charge in [-0.05, 0) is 43.5 Å². The van der Waals surface area contributed by atoms with Crippen molar-refractivity contribution >= 4 is 23.3 Å². The number of Topliss-reactive ketones (excluding diaryl/α,β-unsaturated/α-hetero) is 1. The van der Waals surface area contributed by atoms with Crippen LogP contribution in [-0.4, -0.2) is 41.1 Å². The number of imide groups is 1. The summed E-state index contributed by atoms with van der Waals surface area (Å²) in [7, 11) is 0. The van der Waals surface area contributed by atoms with Crippen molar-refractivity contribution in [3.63, 3.8) is 0 Å². The molecule has 0 aliphatic carbocycles. The molecule has 0 bridgehead atoms. The Hall–Kier alpha value is -2.79. The summed E-state index contributed by atoms with van der Waals surface area (Å²) in [6.07, 6.45) is 2.72. The van der Waals surface area contributed by atoms with Gasteiger partial charge in [-0.2, -0.15) is 0 Å². The highest BCUT2D eigenvalue weighted by Crippen LogP contribution is 2.48. The van der Waals surface area contributed by atoms with Gasteiger partial charge in [-0.3, -0.25) is 19.3 Å². The van der Waals surface area contributed by atoms with Crippen molar-refractivity contribution in [3.05, 3.63) is 65.7 Å². The number of ketones is 1. The normalized spacial score (nSPS) is 28.7. The third-order valence-corrected chi connectivity index (χ3v) is 6.78. The molecule has 5 heteroatoms. The second kappa shape index (κ2) is 6.92. The maximum absolute atomic E-state index is 13.5. The fourth-order valence-electron chi connectivity index (χ4n) is 5.42. The van der Waals surface area contributed by atoms with Gasteiger partial charge in [0.05, 0.1) is 23.6 Å². The van der Waals surface area contributed by atoms with Gasteiger partial charge in [-0.1, -0.05) is 49.4 Å². The topological polar surface area (TPSA) is 57.7 Å². The molecule has 3 heterocycles. The van der Waals surface area contributed by atoms with Gasteiger partial charge in [0.15, 0.2) is 5.78 Å². The molecule has 3 saturated heterocycles. The molecule has 5 nitrogen and oxygen atoms in total. The average Bonchev–Trinajstić information content (AvgIpc) is 3.40. The summed E-state index contributed by atoms with van der Waals surface area (Å²) in [5, 5.41) is 0. The number of carbonyl (C=O) groups excluding carboxylic acids is 3. The van der Waals surface area contributed by atoms with Crippen LogP contribution in [0.5, 0.6) is 0 Å². The quantitative estimate of drug-likeness (QED) is 0.597. The smallest absolute Gasteiger partial charge is 0.239 e. The molecule has 3 aliphatic rings. The van der Waals surface area contributed by atoms with Crippen molar-refractivity contribution in [3.8, 4) is 0 Å². The van der Waals surface area contributed by atoms with E-state index in [9.17, 15) is 14.4 Å². The molecule has 0 radical (unpaired) electrons. The number of anilines is 1. The largest absolute Gasteiger partial charge is 0.292 e. The van der Waals surface area contributed by atoms with Crippen LogP contribution in [0.2, 0.25) is 0 Å². The van der Waals surface area contributed by atoms with E-state index in [2.05, 4.69) is 11.8 Å². The molecule has 0 spiro atoms. The molecular weight excluding hydrogens is 364 g/mol. The second-order valence-corrected chi connectivity index (χ2v) is 8.21. The maximum Gasteiger partial charge on any atom is 0.239 e. The number of hydrogen-bond donors (Lipinski definition) is 0. The molecule has 0 aromatic heterocycles. The van der Waals surface area contributed by atoms with E-state index in [4.69, 9.17) is 0 Å². The van der Waals surface area contributed by atoms with Gasteiger partial charge in [-0.15, -0.1) is 0 Å². The third kappa shape index (κ3) is 2.68. The van der Waals surface area contributed by atoms with Gasteiger partial charge < -0.3 is 0 Å². The maximum atomic E-state index is 13.5. The second-order valence-electron chi connectivity index (χ2n) is 8.21. The first-order valence-electron chi connectivity index (χ1n) is 10.4. The zero-order chi connectivity index (χ0) is 20.1. The summed E-state index contributed by atoms with van der Waals surface area (Å²) in [4.78, 5) is 43.7. The van der Waals surface area contributed by atoms with Crippen molar-refractivity contribution in [2.75, 3.05) is 11.4 Å². The number of rotatable bonds is 4. The number of carbonyl (C=O) groups is 3. The molecule has 0 N–H and O–H groups in total.